The number of likely N-dealkylation sites (tertiary alicyclic amines) is 1. The number of hydrogen-bond donors (Lipinski definition) is 3. The molecule has 2 saturated heterocycles. The van der Waals surface area contributed by atoms with E-state index in [4.69, 9.17) is 11.5 Å². The van der Waals surface area contributed by atoms with Crippen LogP contribution < -0.4 is 22.5 Å². The highest BCUT2D eigenvalue weighted by molar-refractivity contribution is 5.89. The highest BCUT2D eigenvalue weighted by Crippen LogP contribution is 2.28. The van der Waals surface area contributed by atoms with E-state index < -0.39 is 11.2 Å². The molecule has 1 atom stereocenters. The number of amides is 3. The molecule has 12 heteroatoms. The number of halogens is 1. The number of benzene rings is 1. The Kier molecular flexibility index (Phi) is 9.99. The maximum Gasteiger partial charge on any atom is 0.354 e. The fourth-order valence-electron chi connectivity index (χ4n) is 5.35. The molecule has 1 aromatic heterocycles. The Bertz CT molecular complexity index is 1230. The molecule has 2 aliphatic rings. The van der Waals surface area contributed by atoms with Crippen molar-refractivity contribution in [3.05, 3.63) is 52.6 Å². The van der Waals surface area contributed by atoms with E-state index in [-0.39, 0.29) is 35.6 Å². The first-order chi connectivity index (χ1) is 18.4. The van der Waals surface area contributed by atoms with Gasteiger partial charge >= 0.3 is 11.7 Å². The van der Waals surface area contributed by atoms with Gasteiger partial charge in [0.05, 0.1) is 11.2 Å². The Morgan fingerprint density at radius 3 is 2.17 bits per heavy atom. The van der Waals surface area contributed by atoms with Crippen LogP contribution in [0.5, 0.6) is 0 Å². The minimum atomic E-state index is -0.947. The fraction of sp³-hybridized carbons (Fsp3) is 0.571. The summed E-state index contributed by atoms with van der Waals surface area (Å²) in [5.74, 6) is 0.624. The minimum absolute atomic E-state index is 0. The lowest BCUT2D eigenvalue weighted by Gasteiger charge is -2.37. The van der Waals surface area contributed by atoms with Gasteiger partial charge in [0.2, 0.25) is 5.91 Å². The van der Waals surface area contributed by atoms with Gasteiger partial charge in [0.25, 0.3) is 0 Å². The average Bonchev–Trinajstić information content (AvgIpc) is 3.35. The smallest absolute Gasteiger partial charge is 0.338 e. The molecule has 3 heterocycles. The van der Waals surface area contributed by atoms with E-state index in [0.29, 0.717) is 37.8 Å². The number of nitrogens with one attached hydrogen (secondary N) is 1. The number of carbonyl (C=O) groups excluding carboxylic acids is 2. The van der Waals surface area contributed by atoms with Crippen molar-refractivity contribution in [3.63, 3.8) is 0 Å². The third-order valence-corrected chi connectivity index (χ3v) is 7.69. The first-order valence-corrected chi connectivity index (χ1v) is 13.6. The maximum atomic E-state index is 12.8. The topological polar surface area (TPSA) is 143 Å². The lowest BCUT2D eigenvalue weighted by Crippen LogP contribution is -2.58. The van der Waals surface area contributed by atoms with Gasteiger partial charge in [-0.1, -0.05) is 26.0 Å². The highest BCUT2D eigenvalue weighted by atomic mass is 35.5. The van der Waals surface area contributed by atoms with Crippen LogP contribution in [0.15, 0.2) is 41.3 Å². The van der Waals surface area contributed by atoms with Crippen LogP contribution in [0.4, 0.5) is 10.6 Å². The van der Waals surface area contributed by atoms with Crippen molar-refractivity contribution in [2.45, 2.75) is 45.1 Å². The number of urea groups is 1. The van der Waals surface area contributed by atoms with Gasteiger partial charge in [-0.25, -0.2) is 9.59 Å². The third-order valence-electron chi connectivity index (χ3n) is 7.69. The molecule has 0 unspecified atom stereocenters. The summed E-state index contributed by atoms with van der Waals surface area (Å²) in [4.78, 5) is 47.7. The molecule has 0 bridgehead atoms. The number of piperazine rings is 1. The number of nitrogens with zero attached hydrogens (tertiary/aromatic N) is 5. The highest BCUT2D eigenvalue weighted by Gasteiger charge is 2.32. The molecule has 0 radical (unpaired) electrons. The van der Waals surface area contributed by atoms with Gasteiger partial charge in [-0.3, -0.25) is 14.7 Å². The summed E-state index contributed by atoms with van der Waals surface area (Å²) in [6.07, 6.45) is 2.77. The summed E-state index contributed by atoms with van der Waals surface area (Å²) in [6, 6.07) is 9.22. The molecular weight excluding hydrogens is 532 g/mol. The van der Waals surface area contributed by atoms with Gasteiger partial charge in [-0.2, -0.15) is 4.98 Å². The predicted octanol–water partition coefficient (Wildman–Crippen LogP) is 1.63. The molecule has 2 fully saturated rings. The molecule has 5 N–H and O–H groups in total. The van der Waals surface area contributed by atoms with Crippen molar-refractivity contribution < 1.29 is 9.59 Å². The van der Waals surface area contributed by atoms with Crippen molar-refractivity contribution in [2.75, 3.05) is 57.7 Å². The monoisotopic (exact) mass is 574 g/mol. The molecule has 220 valence electrons. The summed E-state index contributed by atoms with van der Waals surface area (Å²) in [5.41, 5.74) is 12.2. The number of hydrogen-bond acceptors (Lipinski definition) is 7. The van der Waals surface area contributed by atoms with E-state index in [1.54, 1.807) is 35.9 Å². The summed E-state index contributed by atoms with van der Waals surface area (Å²) in [5, 5.41) is 2.70. The Morgan fingerprint density at radius 2 is 1.62 bits per heavy atom. The largest absolute Gasteiger partial charge is 0.354 e. The Balaban J connectivity index is 0.00000441. The molecule has 4 rings (SSSR count). The van der Waals surface area contributed by atoms with Crippen LogP contribution in [0, 0.1) is 5.92 Å². The van der Waals surface area contributed by atoms with Crippen LogP contribution in [0.1, 0.15) is 39.7 Å². The van der Waals surface area contributed by atoms with Crippen molar-refractivity contribution in [1.29, 1.82) is 0 Å². The zero-order valence-corrected chi connectivity index (χ0v) is 24.7. The van der Waals surface area contributed by atoms with E-state index in [0.717, 1.165) is 32.6 Å². The number of anilines is 1. The quantitative estimate of drug-likeness (QED) is 0.456. The van der Waals surface area contributed by atoms with Crippen LogP contribution in [-0.4, -0.2) is 94.1 Å². The third kappa shape index (κ3) is 7.39. The van der Waals surface area contributed by atoms with Crippen LogP contribution in [-0.2, 0) is 10.2 Å². The number of carbonyl (C=O) groups is 2. The Hall–Kier alpha value is -2.99. The summed E-state index contributed by atoms with van der Waals surface area (Å²) < 4.78 is 1.46. The first kappa shape index (κ1) is 31.5. The average molecular weight is 575 g/mol. The van der Waals surface area contributed by atoms with Crippen molar-refractivity contribution in [3.8, 4) is 5.69 Å². The summed E-state index contributed by atoms with van der Waals surface area (Å²) in [7, 11) is 0. The molecule has 3 amide bonds. The SMILES string of the molecule is CC(C)(N)C(=O)N1CCN(C(=O)Nc2ccn(-c3ccc(C(C)(C)CN4CC[C@H](CN)C4)cc3)c(=O)n2)CC1.Cl. The van der Waals surface area contributed by atoms with Crippen molar-refractivity contribution >= 4 is 30.2 Å². The van der Waals surface area contributed by atoms with E-state index >= 15 is 0 Å². The zero-order valence-electron chi connectivity index (χ0n) is 23.9. The second-order valence-electron chi connectivity index (χ2n) is 12.0. The molecular formula is C28H43ClN8O3. The van der Waals surface area contributed by atoms with Gasteiger partial charge < -0.3 is 26.2 Å². The van der Waals surface area contributed by atoms with Crippen LogP contribution in [0.3, 0.4) is 0 Å². The van der Waals surface area contributed by atoms with Gasteiger partial charge in [0.1, 0.15) is 5.82 Å². The summed E-state index contributed by atoms with van der Waals surface area (Å²) >= 11 is 0. The van der Waals surface area contributed by atoms with Gasteiger partial charge in [-0.05, 0) is 63.0 Å². The van der Waals surface area contributed by atoms with Crippen LogP contribution in [0.2, 0.25) is 0 Å². The van der Waals surface area contributed by atoms with E-state index in [1.807, 2.05) is 12.1 Å². The molecule has 2 aliphatic heterocycles. The molecule has 1 aromatic carbocycles. The standard InChI is InChI=1S/C28H42N8O3.ClH/c1-27(2,19-33-11-9-20(17-29)18-33)21-5-7-22(8-6-21)36-12-10-23(32-26(36)39)31-25(38)35-15-13-34(14-16-35)24(37)28(3,4)30;/h5-8,10,12,20H,9,11,13-19,29-30H2,1-4H3,(H,31,32,38,39);1H/t20-;/m1./s1. The second-order valence-corrected chi connectivity index (χ2v) is 12.0. The van der Waals surface area contributed by atoms with E-state index in [1.165, 1.54) is 10.1 Å². The van der Waals surface area contributed by atoms with Crippen LogP contribution in [0.25, 0.3) is 5.69 Å². The molecule has 2 aromatic rings. The van der Waals surface area contributed by atoms with Gasteiger partial charge in [0.15, 0.2) is 0 Å². The normalized spacial score (nSPS) is 18.4. The minimum Gasteiger partial charge on any atom is -0.338 e. The van der Waals surface area contributed by atoms with Crippen molar-refractivity contribution in [1.82, 2.24) is 24.3 Å². The lowest BCUT2D eigenvalue weighted by atomic mass is 9.84. The van der Waals surface area contributed by atoms with Crippen LogP contribution >= 0.6 is 12.4 Å². The molecule has 0 saturated carbocycles. The predicted molar refractivity (Wildman–Crippen MR) is 159 cm³/mol. The van der Waals surface area contributed by atoms with Crippen molar-refractivity contribution in [2.24, 2.45) is 17.4 Å². The lowest BCUT2D eigenvalue weighted by molar-refractivity contribution is -0.137. The zero-order chi connectivity index (χ0) is 28.4. The molecule has 11 nitrogen and oxygen atoms in total. The molecule has 0 spiro atoms. The second kappa shape index (κ2) is 12.7. The van der Waals surface area contributed by atoms with E-state index in [9.17, 15) is 14.4 Å². The number of rotatable bonds is 7. The fourth-order valence-corrected chi connectivity index (χ4v) is 5.35. The molecule has 0 aliphatic carbocycles. The molecule has 40 heavy (non-hydrogen) atoms. The van der Waals surface area contributed by atoms with Gasteiger partial charge in [-0.15, -0.1) is 12.4 Å². The van der Waals surface area contributed by atoms with Gasteiger partial charge in [0, 0.05) is 50.9 Å². The van der Waals surface area contributed by atoms with E-state index in [2.05, 4.69) is 41.2 Å². The maximum absolute atomic E-state index is 12.8. The Labute approximate surface area is 242 Å². The number of aromatic nitrogens is 2. The first-order valence-electron chi connectivity index (χ1n) is 13.6. The Morgan fingerprint density at radius 1 is 1.00 bits per heavy atom. The number of nitrogens with two attached hydrogens (primary N) is 2. The summed E-state index contributed by atoms with van der Waals surface area (Å²) in [6.45, 7) is 13.2.